The number of piperazine rings is 1. The van der Waals surface area contributed by atoms with Crippen molar-refractivity contribution in [2.24, 2.45) is 0 Å². The lowest BCUT2D eigenvalue weighted by atomic mass is 10.1. The quantitative estimate of drug-likeness (QED) is 0.861. The maximum atomic E-state index is 9.34. The third-order valence-corrected chi connectivity index (χ3v) is 3.78. The topological polar surface area (TPSA) is 72.6 Å². The summed E-state index contributed by atoms with van der Waals surface area (Å²) in [5.41, 5.74) is 1.33. The average molecular weight is 276 g/mol. The normalized spacial score (nSPS) is 19.7. The van der Waals surface area contributed by atoms with Crippen LogP contribution in [0, 0.1) is 11.3 Å². The molecular formula is C14H20N4O2. The number of hydrogen-bond donors (Lipinski definition) is 1. The molecule has 1 saturated heterocycles. The predicted octanol–water partition coefficient (Wildman–Crippen LogP) is 0.465. The fraction of sp³-hybridized carbons (Fsp3) is 0.571. The number of ether oxygens (including phenoxy) is 1. The number of nitrogens with zero attached hydrogens (tertiary/aromatic N) is 4. The number of methoxy groups -OCH3 is 1. The first-order valence-corrected chi connectivity index (χ1v) is 6.70. The number of nitriles is 1. The first kappa shape index (κ1) is 14.6. The summed E-state index contributed by atoms with van der Waals surface area (Å²) >= 11 is 0. The second-order valence-electron chi connectivity index (χ2n) is 4.92. The lowest BCUT2D eigenvalue weighted by Crippen LogP contribution is -2.52. The van der Waals surface area contributed by atoms with Gasteiger partial charge in [-0.1, -0.05) is 0 Å². The van der Waals surface area contributed by atoms with Crippen molar-refractivity contribution >= 4 is 5.69 Å². The average Bonchev–Trinajstić information content (AvgIpc) is 2.48. The van der Waals surface area contributed by atoms with Gasteiger partial charge >= 0.3 is 0 Å². The third-order valence-electron chi connectivity index (χ3n) is 3.78. The molecule has 2 heterocycles. The van der Waals surface area contributed by atoms with Crippen LogP contribution in [0.5, 0.6) is 5.88 Å². The fourth-order valence-electron chi connectivity index (χ4n) is 2.58. The minimum absolute atomic E-state index is 0.174. The number of aromatic nitrogens is 1. The van der Waals surface area contributed by atoms with Crippen LogP contribution in [0.4, 0.5) is 5.69 Å². The zero-order valence-corrected chi connectivity index (χ0v) is 11.9. The van der Waals surface area contributed by atoms with E-state index in [4.69, 9.17) is 9.84 Å². The van der Waals surface area contributed by atoms with Crippen molar-refractivity contribution in [1.29, 1.82) is 5.26 Å². The van der Waals surface area contributed by atoms with E-state index >= 15 is 0 Å². The van der Waals surface area contributed by atoms with Crippen LogP contribution in [0.1, 0.15) is 12.0 Å². The SMILES string of the molecule is COc1nccc(N2CCN(C)[C@H](CCO)C2)c1C#N. The van der Waals surface area contributed by atoms with Gasteiger partial charge in [0.1, 0.15) is 11.6 Å². The molecule has 2 rings (SSSR count). The molecule has 0 unspecified atom stereocenters. The Balaban J connectivity index is 2.26. The molecule has 1 N–H and O–H groups in total. The van der Waals surface area contributed by atoms with Crippen LogP contribution in [0.2, 0.25) is 0 Å². The van der Waals surface area contributed by atoms with Gasteiger partial charge in [-0.15, -0.1) is 0 Å². The summed E-state index contributed by atoms with van der Waals surface area (Å²) in [6, 6.07) is 4.32. The Bertz CT molecular complexity index is 500. The summed E-state index contributed by atoms with van der Waals surface area (Å²) in [6.45, 7) is 2.72. The van der Waals surface area contributed by atoms with Crippen molar-refractivity contribution in [3.63, 3.8) is 0 Å². The fourth-order valence-corrected chi connectivity index (χ4v) is 2.58. The number of rotatable bonds is 4. The van der Waals surface area contributed by atoms with E-state index in [1.165, 1.54) is 7.11 Å². The van der Waals surface area contributed by atoms with Crippen LogP contribution in [0.15, 0.2) is 12.3 Å². The first-order valence-electron chi connectivity index (χ1n) is 6.70. The van der Waals surface area contributed by atoms with E-state index in [9.17, 15) is 5.26 Å². The number of aliphatic hydroxyl groups is 1. The van der Waals surface area contributed by atoms with Gasteiger partial charge in [0, 0.05) is 38.5 Å². The lowest BCUT2D eigenvalue weighted by Gasteiger charge is -2.40. The smallest absolute Gasteiger partial charge is 0.233 e. The van der Waals surface area contributed by atoms with Crippen LogP contribution in [0.25, 0.3) is 0 Å². The molecule has 6 heteroatoms. The van der Waals surface area contributed by atoms with E-state index < -0.39 is 0 Å². The third kappa shape index (κ3) is 2.84. The van der Waals surface area contributed by atoms with Crippen molar-refractivity contribution in [1.82, 2.24) is 9.88 Å². The summed E-state index contributed by atoms with van der Waals surface area (Å²) in [6.07, 6.45) is 2.39. The van der Waals surface area contributed by atoms with Gasteiger partial charge in [-0.25, -0.2) is 4.98 Å². The van der Waals surface area contributed by atoms with Crippen LogP contribution < -0.4 is 9.64 Å². The highest BCUT2D eigenvalue weighted by Crippen LogP contribution is 2.28. The Morgan fingerprint density at radius 3 is 3.00 bits per heavy atom. The number of hydrogen-bond acceptors (Lipinski definition) is 6. The zero-order valence-electron chi connectivity index (χ0n) is 11.9. The van der Waals surface area contributed by atoms with Crippen molar-refractivity contribution < 1.29 is 9.84 Å². The Morgan fingerprint density at radius 2 is 2.35 bits per heavy atom. The molecule has 0 radical (unpaired) electrons. The molecule has 0 bridgehead atoms. The van der Waals surface area contributed by atoms with Crippen molar-refractivity contribution in [3.8, 4) is 11.9 Å². The monoisotopic (exact) mass is 276 g/mol. The van der Waals surface area contributed by atoms with E-state index in [-0.39, 0.29) is 6.61 Å². The van der Waals surface area contributed by atoms with E-state index in [2.05, 4.69) is 27.9 Å². The maximum Gasteiger partial charge on any atom is 0.233 e. The molecule has 20 heavy (non-hydrogen) atoms. The van der Waals surface area contributed by atoms with Crippen molar-refractivity contribution in [2.45, 2.75) is 12.5 Å². The summed E-state index contributed by atoms with van der Waals surface area (Å²) < 4.78 is 5.15. The minimum atomic E-state index is 0.174. The van der Waals surface area contributed by atoms with Gasteiger partial charge in [0.15, 0.2) is 0 Å². The summed E-state index contributed by atoms with van der Waals surface area (Å²) in [5, 5.41) is 18.5. The molecule has 0 saturated carbocycles. The van der Waals surface area contributed by atoms with E-state index in [0.29, 0.717) is 17.5 Å². The molecule has 108 valence electrons. The Morgan fingerprint density at radius 1 is 1.55 bits per heavy atom. The molecule has 0 aromatic carbocycles. The second kappa shape index (κ2) is 6.55. The standard InChI is InChI=1S/C14H20N4O2/c1-17-6-7-18(10-11(17)4-8-19)13-3-5-16-14(20-2)12(13)9-15/h3,5,11,19H,4,6-8,10H2,1-2H3/t11-/m1/s1. The molecule has 1 aromatic rings. The van der Waals surface area contributed by atoms with E-state index in [0.717, 1.165) is 31.7 Å². The van der Waals surface area contributed by atoms with Gasteiger partial charge in [-0.3, -0.25) is 4.90 Å². The Hall–Kier alpha value is -1.84. The van der Waals surface area contributed by atoms with Gasteiger partial charge in [-0.2, -0.15) is 5.26 Å². The summed E-state index contributed by atoms with van der Waals surface area (Å²) in [7, 11) is 3.58. The van der Waals surface area contributed by atoms with Gasteiger partial charge < -0.3 is 14.7 Å². The number of aliphatic hydroxyl groups excluding tert-OH is 1. The first-order chi connectivity index (χ1) is 9.71. The van der Waals surface area contributed by atoms with Crippen molar-refractivity contribution in [3.05, 3.63) is 17.8 Å². The molecule has 0 aliphatic carbocycles. The molecule has 1 aliphatic rings. The van der Waals surface area contributed by atoms with Gasteiger partial charge in [0.2, 0.25) is 5.88 Å². The lowest BCUT2D eigenvalue weighted by molar-refractivity contribution is 0.171. The number of likely N-dealkylation sites (N-methyl/N-ethyl adjacent to an activating group) is 1. The Kier molecular flexibility index (Phi) is 4.77. The summed E-state index contributed by atoms with van der Waals surface area (Å²) in [5.74, 6) is 0.364. The highest BCUT2D eigenvalue weighted by molar-refractivity contribution is 5.63. The van der Waals surface area contributed by atoms with Crippen molar-refractivity contribution in [2.75, 3.05) is 45.3 Å². The molecule has 0 amide bonds. The molecule has 6 nitrogen and oxygen atoms in total. The van der Waals surface area contributed by atoms with Crippen LogP contribution in [-0.2, 0) is 0 Å². The molecule has 1 fully saturated rings. The Labute approximate surface area is 119 Å². The maximum absolute atomic E-state index is 9.34. The van der Waals surface area contributed by atoms with E-state index in [1.807, 2.05) is 6.07 Å². The molecule has 1 aromatic heterocycles. The molecule has 1 atom stereocenters. The number of pyridine rings is 1. The molecule has 0 spiro atoms. The van der Waals surface area contributed by atoms with Gasteiger partial charge in [0.25, 0.3) is 0 Å². The van der Waals surface area contributed by atoms with Crippen LogP contribution in [0.3, 0.4) is 0 Å². The zero-order chi connectivity index (χ0) is 14.5. The van der Waals surface area contributed by atoms with Gasteiger partial charge in [0.05, 0.1) is 12.8 Å². The van der Waals surface area contributed by atoms with E-state index in [1.54, 1.807) is 6.20 Å². The second-order valence-corrected chi connectivity index (χ2v) is 4.92. The van der Waals surface area contributed by atoms with Crippen LogP contribution >= 0.6 is 0 Å². The highest BCUT2D eigenvalue weighted by atomic mass is 16.5. The summed E-state index contributed by atoms with van der Waals surface area (Å²) in [4.78, 5) is 8.49. The van der Waals surface area contributed by atoms with Crippen LogP contribution in [-0.4, -0.2) is 61.4 Å². The highest BCUT2D eigenvalue weighted by Gasteiger charge is 2.26. The predicted molar refractivity (Wildman–Crippen MR) is 75.8 cm³/mol. The minimum Gasteiger partial charge on any atom is -0.480 e. The van der Waals surface area contributed by atoms with Gasteiger partial charge in [-0.05, 0) is 19.5 Å². The number of anilines is 1. The largest absolute Gasteiger partial charge is 0.480 e. The molecule has 1 aliphatic heterocycles. The molecular weight excluding hydrogens is 256 g/mol.